The van der Waals surface area contributed by atoms with Gasteiger partial charge in [-0.05, 0) is 25.2 Å². The van der Waals surface area contributed by atoms with Crippen molar-refractivity contribution in [3.63, 3.8) is 0 Å². The average Bonchev–Trinajstić information content (AvgIpc) is 3.20. The van der Waals surface area contributed by atoms with E-state index in [4.69, 9.17) is 4.74 Å². The van der Waals surface area contributed by atoms with Gasteiger partial charge in [-0.1, -0.05) is 17.8 Å². The van der Waals surface area contributed by atoms with Gasteiger partial charge >= 0.3 is 0 Å². The molecule has 0 amide bonds. The number of aliphatic imine (C=N–C) groups is 1. The molecular formula is C14H22N2O4S. The first-order valence-corrected chi connectivity index (χ1v) is 8.26. The lowest BCUT2D eigenvalue weighted by atomic mass is 9.93. The number of rotatable bonds is 5. The number of thioether (sulfide) groups is 1. The van der Waals surface area contributed by atoms with Crippen LogP contribution in [0.5, 0.6) is 0 Å². The van der Waals surface area contributed by atoms with Crippen LogP contribution in [0.25, 0.3) is 0 Å². The van der Waals surface area contributed by atoms with Crippen molar-refractivity contribution in [3.05, 3.63) is 12.7 Å². The van der Waals surface area contributed by atoms with Crippen LogP contribution in [0.4, 0.5) is 0 Å². The fraction of sp³-hybridized carbons (Fsp3) is 0.786. The zero-order valence-corrected chi connectivity index (χ0v) is 12.6. The third-order valence-electron chi connectivity index (χ3n) is 4.13. The summed E-state index contributed by atoms with van der Waals surface area (Å²) >= 11 is 1.42. The van der Waals surface area contributed by atoms with Crippen LogP contribution in [-0.2, 0) is 4.74 Å². The molecule has 0 aromatic rings. The zero-order valence-electron chi connectivity index (χ0n) is 11.8. The number of amidine groups is 1. The lowest BCUT2D eigenvalue weighted by Gasteiger charge is -2.40. The van der Waals surface area contributed by atoms with Gasteiger partial charge < -0.3 is 25.4 Å². The molecule has 7 heteroatoms. The molecule has 6 atom stereocenters. The molecule has 21 heavy (non-hydrogen) atoms. The number of aliphatic hydroxyl groups excluding tert-OH is 3. The Hall–Kier alpha value is -0.600. The lowest BCUT2D eigenvalue weighted by molar-refractivity contribution is -0.186. The Morgan fingerprint density at radius 1 is 1.43 bits per heavy atom. The van der Waals surface area contributed by atoms with E-state index in [-0.39, 0.29) is 5.44 Å². The first kappa shape index (κ1) is 15.3. The van der Waals surface area contributed by atoms with Crippen LogP contribution in [0.1, 0.15) is 19.3 Å². The highest BCUT2D eigenvalue weighted by molar-refractivity contribution is 8.14. The number of nitrogens with one attached hydrogen (secondary N) is 1. The minimum Gasteiger partial charge on any atom is -0.390 e. The molecule has 2 unspecified atom stereocenters. The van der Waals surface area contributed by atoms with E-state index in [0.717, 1.165) is 11.7 Å². The van der Waals surface area contributed by atoms with Crippen molar-refractivity contribution >= 4 is 16.9 Å². The maximum absolute atomic E-state index is 10.2. The van der Waals surface area contributed by atoms with E-state index in [9.17, 15) is 15.3 Å². The fourth-order valence-corrected chi connectivity index (χ4v) is 3.78. The van der Waals surface area contributed by atoms with E-state index in [0.29, 0.717) is 12.3 Å². The van der Waals surface area contributed by atoms with Crippen LogP contribution in [0.2, 0.25) is 0 Å². The van der Waals surface area contributed by atoms with Crippen LogP contribution < -0.4 is 5.32 Å². The Morgan fingerprint density at radius 3 is 2.86 bits per heavy atom. The summed E-state index contributed by atoms with van der Waals surface area (Å²) < 4.78 is 5.77. The summed E-state index contributed by atoms with van der Waals surface area (Å²) in [6, 6.07) is -0.393. The monoisotopic (exact) mass is 314 g/mol. The zero-order chi connectivity index (χ0) is 15.0. The predicted octanol–water partition coefficient (Wildman–Crippen LogP) is -0.159. The standard InChI is InChI=1S/C14H22N2O4S/c1-2-3-8(17)12-11(19)10(18)9-13(20-12)21-14(16-9)15-6-7-4-5-7/h2,7-13,17-19H,1,3-6H2,(H,15,16)/t8-,9-,10-,11?,12?,13-/m1/s1. The number of nitrogens with zero attached hydrogens (tertiary/aromatic N) is 1. The van der Waals surface area contributed by atoms with Gasteiger partial charge in [-0.3, -0.25) is 4.99 Å². The second-order valence-corrected chi connectivity index (χ2v) is 7.01. The van der Waals surface area contributed by atoms with Crippen LogP contribution in [0.3, 0.4) is 0 Å². The van der Waals surface area contributed by atoms with Crippen molar-refractivity contribution in [2.75, 3.05) is 6.54 Å². The van der Waals surface area contributed by atoms with E-state index < -0.39 is 30.5 Å². The molecule has 3 rings (SSSR count). The average molecular weight is 314 g/mol. The molecule has 0 aromatic heterocycles. The highest BCUT2D eigenvalue weighted by Crippen LogP contribution is 2.36. The Kier molecular flexibility index (Phi) is 4.56. The SMILES string of the molecule is C=CC[C@@H](O)C1O[C@@H]2SC(=NCC3CC3)N[C@@H]2[C@@H](O)C1O. The van der Waals surface area contributed by atoms with E-state index in [1.165, 1.54) is 24.6 Å². The molecule has 118 valence electrons. The van der Waals surface area contributed by atoms with Gasteiger partial charge in [0, 0.05) is 6.54 Å². The molecular weight excluding hydrogens is 292 g/mol. The fourth-order valence-electron chi connectivity index (χ4n) is 2.65. The molecule has 0 aromatic carbocycles. The molecule has 2 saturated heterocycles. The van der Waals surface area contributed by atoms with Gasteiger partial charge in [0.25, 0.3) is 0 Å². The van der Waals surface area contributed by atoms with Crippen molar-refractivity contribution in [2.45, 2.75) is 55.2 Å². The smallest absolute Gasteiger partial charge is 0.159 e. The third kappa shape index (κ3) is 3.27. The third-order valence-corrected chi connectivity index (χ3v) is 5.24. The molecule has 4 N–H and O–H groups in total. The Bertz CT molecular complexity index is 429. The number of ether oxygens (including phenoxy) is 1. The number of aliphatic hydroxyl groups is 3. The summed E-state index contributed by atoms with van der Waals surface area (Å²) in [7, 11) is 0. The van der Waals surface area contributed by atoms with Gasteiger partial charge in [0.2, 0.25) is 0 Å². The molecule has 1 saturated carbocycles. The minimum atomic E-state index is -1.13. The molecule has 3 fully saturated rings. The molecule has 2 heterocycles. The van der Waals surface area contributed by atoms with Crippen LogP contribution >= 0.6 is 11.8 Å². The summed E-state index contributed by atoms with van der Waals surface area (Å²) in [6.07, 6.45) is 0.557. The summed E-state index contributed by atoms with van der Waals surface area (Å²) in [4.78, 5) is 4.49. The van der Waals surface area contributed by atoms with E-state index in [1.807, 2.05) is 0 Å². The molecule has 0 bridgehead atoms. The minimum absolute atomic E-state index is 0.312. The van der Waals surface area contributed by atoms with Crippen molar-refractivity contribution in [2.24, 2.45) is 10.9 Å². The first-order chi connectivity index (χ1) is 10.1. The molecule has 0 radical (unpaired) electrons. The lowest BCUT2D eigenvalue weighted by Crippen LogP contribution is -2.61. The maximum atomic E-state index is 10.2. The molecule has 0 spiro atoms. The quantitative estimate of drug-likeness (QED) is 0.527. The van der Waals surface area contributed by atoms with E-state index in [2.05, 4.69) is 16.9 Å². The van der Waals surface area contributed by atoms with Crippen LogP contribution in [-0.4, -0.2) is 62.9 Å². The highest BCUT2D eigenvalue weighted by atomic mass is 32.2. The Labute approximate surface area is 128 Å². The normalized spacial score (nSPS) is 42.4. The van der Waals surface area contributed by atoms with Gasteiger partial charge in [0.1, 0.15) is 23.7 Å². The summed E-state index contributed by atoms with van der Waals surface area (Å²) in [5.74, 6) is 0.695. The topological polar surface area (TPSA) is 94.3 Å². The Morgan fingerprint density at radius 2 is 2.19 bits per heavy atom. The van der Waals surface area contributed by atoms with Crippen LogP contribution in [0.15, 0.2) is 17.6 Å². The molecule has 6 nitrogen and oxygen atoms in total. The van der Waals surface area contributed by atoms with Crippen molar-refractivity contribution < 1.29 is 20.1 Å². The summed E-state index contributed by atoms with van der Waals surface area (Å²) in [6.45, 7) is 4.37. The largest absolute Gasteiger partial charge is 0.390 e. The summed E-state index contributed by atoms with van der Waals surface area (Å²) in [5, 5.41) is 34.3. The molecule has 2 aliphatic heterocycles. The second kappa shape index (κ2) is 6.26. The molecule has 1 aliphatic carbocycles. The first-order valence-electron chi connectivity index (χ1n) is 7.38. The number of fused-ring (bicyclic) bond motifs is 1. The van der Waals surface area contributed by atoms with Crippen molar-refractivity contribution in [1.29, 1.82) is 0 Å². The maximum Gasteiger partial charge on any atom is 0.159 e. The predicted molar refractivity (Wildman–Crippen MR) is 81.0 cm³/mol. The van der Waals surface area contributed by atoms with E-state index in [1.54, 1.807) is 6.08 Å². The van der Waals surface area contributed by atoms with Crippen LogP contribution in [0, 0.1) is 5.92 Å². The van der Waals surface area contributed by atoms with Gasteiger partial charge in [0.05, 0.1) is 12.1 Å². The van der Waals surface area contributed by atoms with Gasteiger partial charge in [-0.2, -0.15) is 0 Å². The van der Waals surface area contributed by atoms with Gasteiger partial charge in [-0.25, -0.2) is 0 Å². The van der Waals surface area contributed by atoms with Gasteiger partial charge in [-0.15, -0.1) is 6.58 Å². The number of hydrogen-bond acceptors (Lipinski definition) is 6. The van der Waals surface area contributed by atoms with Crippen molar-refractivity contribution in [3.8, 4) is 0 Å². The van der Waals surface area contributed by atoms with Gasteiger partial charge in [0.15, 0.2) is 5.17 Å². The highest BCUT2D eigenvalue weighted by Gasteiger charge is 2.50. The second-order valence-electron chi connectivity index (χ2n) is 5.92. The Balaban J connectivity index is 1.65. The van der Waals surface area contributed by atoms with Crippen molar-refractivity contribution in [1.82, 2.24) is 5.32 Å². The summed E-state index contributed by atoms with van der Waals surface area (Å²) in [5.41, 5.74) is -0.342. The molecule has 3 aliphatic rings. The van der Waals surface area contributed by atoms with E-state index >= 15 is 0 Å². The number of hydrogen-bond donors (Lipinski definition) is 4.